The third kappa shape index (κ3) is 4.23. The van der Waals surface area contributed by atoms with E-state index >= 15 is 0 Å². The van der Waals surface area contributed by atoms with Gasteiger partial charge in [-0.1, -0.05) is 48.0 Å². The number of nitrogens with zero attached hydrogens (tertiary/aromatic N) is 1. The maximum absolute atomic E-state index is 12.3. The van der Waals surface area contributed by atoms with E-state index < -0.39 is 0 Å². The van der Waals surface area contributed by atoms with Crippen molar-refractivity contribution < 1.29 is 9.53 Å². The number of likely N-dealkylation sites (tertiary alicyclic amines) is 1. The van der Waals surface area contributed by atoms with Gasteiger partial charge in [0.05, 0.1) is 0 Å². The first kappa shape index (κ1) is 25.2. The molecule has 8 atom stereocenters. The third-order valence-electron chi connectivity index (χ3n) is 11.6. The van der Waals surface area contributed by atoms with Gasteiger partial charge >= 0.3 is 5.97 Å². The number of ether oxygens (including phenoxy) is 1. The maximum Gasteiger partial charge on any atom is 0.303 e. The summed E-state index contributed by atoms with van der Waals surface area (Å²) in [5.74, 6) is 2.98. The minimum Gasteiger partial charge on any atom is -0.457 e. The highest BCUT2D eigenvalue weighted by molar-refractivity contribution is 9.10. The molecule has 36 heavy (non-hydrogen) atoms. The normalized spacial score (nSPS) is 43.6. The lowest BCUT2D eigenvalue weighted by Crippen LogP contribution is -2.55. The SMILES string of the molecule is CC(=O)O[C@H]1/C(=C/c2ccc(Br)cc2)C[C@H]2[C@@H]3CC[C@H]4C[C@@H](N5CCCC5)CC[C@]4(C)[C@H]3CC[C@]12C. The van der Waals surface area contributed by atoms with Crippen molar-refractivity contribution in [2.24, 2.45) is 34.5 Å². The predicted octanol–water partition coefficient (Wildman–Crippen LogP) is 7.88. The minimum atomic E-state index is -0.137. The largest absolute Gasteiger partial charge is 0.457 e. The Morgan fingerprint density at radius 2 is 1.72 bits per heavy atom. The van der Waals surface area contributed by atoms with Gasteiger partial charge in [0.15, 0.2) is 0 Å². The van der Waals surface area contributed by atoms with Gasteiger partial charge < -0.3 is 9.64 Å². The quantitative estimate of drug-likeness (QED) is 0.356. The van der Waals surface area contributed by atoms with Crippen molar-refractivity contribution in [3.63, 3.8) is 0 Å². The lowest BCUT2D eigenvalue weighted by atomic mass is 9.45. The maximum atomic E-state index is 12.3. The Kier molecular flexibility index (Phi) is 6.68. The van der Waals surface area contributed by atoms with Crippen molar-refractivity contribution in [2.45, 2.75) is 97.1 Å². The molecule has 0 N–H and O–H groups in total. The molecule has 196 valence electrons. The van der Waals surface area contributed by atoms with Gasteiger partial charge in [0, 0.05) is 22.9 Å². The number of halogens is 1. The Morgan fingerprint density at radius 3 is 2.44 bits per heavy atom. The van der Waals surface area contributed by atoms with Crippen LogP contribution in [0.2, 0.25) is 0 Å². The smallest absolute Gasteiger partial charge is 0.303 e. The molecular formula is C32H44BrNO2. The summed E-state index contributed by atoms with van der Waals surface area (Å²) in [6.45, 7) is 9.39. The number of fused-ring (bicyclic) bond motifs is 5. The Balaban J connectivity index is 1.26. The summed E-state index contributed by atoms with van der Waals surface area (Å²) in [5, 5.41) is 0. The van der Waals surface area contributed by atoms with Gasteiger partial charge in [-0.3, -0.25) is 4.79 Å². The summed E-state index contributed by atoms with van der Waals surface area (Å²) < 4.78 is 7.25. The Morgan fingerprint density at radius 1 is 1.00 bits per heavy atom. The number of hydrogen-bond acceptors (Lipinski definition) is 3. The molecule has 1 aromatic carbocycles. The van der Waals surface area contributed by atoms with Crippen LogP contribution in [-0.4, -0.2) is 36.1 Å². The first-order valence-electron chi connectivity index (χ1n) is 14.7. The zero-order valence-electron chi connectivity index (χ0n) is 22.5. The molecule has 4 saturated carbocycles. The molecule has 0 spiro atoms. The molecule has 0 amide bonds. The summed E-state index contributed by atoms with van der Waals surface area (Å²) in [4.78, 5) is 15.1. The molecule has 5 fully saturated rings. The van der Waals surface area contributed by atoms with Crippen molar-refractivity contribution >= 4 is 28.0 Å². The molecule has 0 aromatic heterocycles. The van der Waals surface area contributed by atoms with E-state index in [9.17, 15) is 4.79 Å². The topological polar surface area (TPSA) is 29.5 Å². The molecule has 0 bridgehead atoms. The molecule has 1 aliphatic heterocycles. The molecule has 4 aliphatic carbocycles. The van der Waals surface area contributed by atoms with Gasteiger partial charge in [-0.15, -0.1) is 0 Å². The van der Waals surface area contributed by atoms with E-state index in [0.717, 1.165) is 34.7 Å². The van der Waals surface area contributed by atoms with Gasteiger partial charge in [-0.2, -0.15) is 0 Å². The standard InChI is InChI=1S/C32H44BrNO2/c1-21(35)36-30-23(18-22-6-9-25(33)10-7-22)19-29-27-11-8-24-20-26(34-16-4-5-17-34)12-14-31(24,2)28(27)13-15-32(29,30)3/h6-7,9-10,18,24,26-30H,4-5,8,11-17,19-20H2,1-3H3/b23-18+/t24-,26-,27+,28-,29-,30-,31-,32-/m0/s1. The fourth-order valence-corrected chi connectivity index (χ4v) is 10.1. The lowest BCUT2D eigenvalue weighted by Gasteiger charge is -2.61. The van der Waals surface area contributed by atoms with Gasteiger partial charge in [0.25, 0.3) is 0 Å². The van der Waals surface area contributed by atoms with E-state index in [1.165, 1.54) is 82.0 Å². The molecule has 4 heteroatoms. The molecule has 1 saturated heterocycles. The Bertz CT molecular complexity index is 1010. The van der Waals surface area contributed by atoms with Crippen molar-refractivity contribution in [3.8, 4) is 0 Å². The molecular weight excluding hydrogens is 510 g/mol. The Labute approximate surface area is 226 Å². The molecule has 0 unspecified atom stereocenters. The van der Waals surface area contributed by atoms with Crippen LogP contribution in [0.3, 0.4) is 0 Å². The van der Waals surface area contributed by atoms with Gasteiger partial charge in [-0.05, 0) is 130 Å². The second-order valence-corrected chi connectivity index (χ2v) is 14.3. The van der Waals surface area contributed by atoms with Crippen LogP contribution in [0, 0.1) is 34.5 Å². The van der Waals surface area contributed by atoms with Crippen LogP contribution in [0.4, 0.5) is 0 Å². The van der Waals surface area contributed by atoms with Crippen LogP contribution in [0.1, 0.15) is 90.5 Å². The highest BCUT2D eigenvalue weighted by atomic mass is 79.9. The highest BCUT2D eigenvalue weighted by Crippen LogP contribution is 2.67. The minimum absolute atomic E-state index is 0.0595. The van der Waals surface area contributed by atoms with E-state index in [1.807, 2.05) is 0 Å². The van der Waals surface area contributed by atoms with E-state index in [-0.39, 0.29) is 17.5 Å². The number of carbonyl (C=O) groups is 1. The second-order valence-electron chi connectivity index (χ2n) is 13.3. The van der Waals surface area contributed by atoms with Crippen molar-refractivity contribution in [3.05, 3.63) is 39.9 Å². The summed E-state index contributed by atoms with van der Waals surface area (Å²) in [6.07, 6.45) is 15.7. The summed E-state index contributed by atoms with van der Waals surface area (Å²) in [7, 11) is 0. The fraction of sp³-hybridized carbons (Fsp3) is 0.719. The molecule has 0 radical (unpaired) electrons. The number of esters is 1. The average Bonchev–Trinajstić information content (AvgIpc) is 3.47. The van der Waals surface area contributed by atoms with Crippen LogP contribution in [-0.2, 0) is 9.53 Å². The van der Waals surface area contributed by atoms with Crippen molar-refractivity contribution in [1.82, 2.24) is 4.90 Å². The van der Waals surface area contributed by atoms with Gasteiger partial charge in [0.2, 0.25) is 0 Å². The zero-order valence-corrected chi connectivity index (χ0v) is 24.1. The van der Waals surface area contributed by atoms with Crippen molar-refractivity contribution in [2.75, 3.05) is 13.1 Å². The van der Waals surface area contributed by atoms with Crippen LogP contribution in [0.25, 0.3) is 6.08 Å². The number of hydrogen-bond donors (Lipinski definition) is 0. The molecule has 1 heterocycles. The van der Waals surface area contributed by atoms with Gasteiger partial charge in [-0.25, -0.2) is 0 Å². The molecule has 3 nitrogen and oxygen atoms in total. The summed E-state index contributed by atoms with van der Waals surface area (Å²) >= 11 is 3.56. The highest BCUT2D eigenvalue weighted by Gasteiger charge is 2.62. The van der Waals surface area contributed by atoms with Crippen LogP contribution >= 0.6 is 15.9 Å². The summed E-state index contributed by atoms with van der Waals surface area (Å²) in [6, 6.07) is 9.39. The Hall–Kier alpha value is -1.13. The lowest BCUT2D eigenvalue weighted by molar-refractivity contribution is -0.160. The zero-order chi connectivity index (χ0) is 25.1. The number of rotatable bonds is 3. The van der Waals surface area contributed by atoms with E-state index in [2.05, 4.69) is 65.0 Å². The van der Waals surface area contributed by atoms with E-state index in [4.69, 9.17) is 4.74 Å². The van der Waals surface area contributed by atoms with E-state index in [1.54, 1.807) is 6.92 Å². The second kappa shape index (κ2) is 9.56. The van der Waals surface area contributed by atoms with Crippen molar-refractivity contribution in [1.29, 1.82) is 0 Å². The van der Waals surface area contributed by atoms with Crippen LogP contribution < -0.4 is 0 Å². The average molecular weight is 555 g/mol. The molecule has 5 aliphatic rings. The fourth-order valence-electron chi connectivity index (χ4n) is 9.80. The molecule has 1 aromatic rings. The predicted molar refractivity (Wildman–Crippen MR) is 149 cm³/mol. The third-order valence-corrected chi connectivity index (χ3v) is 12.2. The number of carbonyl (C=O) groups excluding carboxylic acids is 1. The summed E-state index contributed by atoms with van der Waals surface area (Å²) in [5.41, 5.74) is 3.10. The first-order chi connectivity index (χ1) is 17.3. The van der Waals surface area contributed by atoms with E-state index in [0.29, 0.717) is 11.3 Å². The number of benzene rings is 1. The van der Waals surface area contributed by atoms with Gasteiger partial charge in [0.1, 0.15) is 6.10 Å². The van der Waals surface area contributed by atoms with Crippen LogP contribution in [0.15, 0.2) is 34.3 Å². The molecule has 6 rings (SSSR count). The first-order valence-corrected chi connectivity index (χ1v) is 15.4. The van der Waals surface area contributed by atoms with Crippen LogP contribution in [0.5, 0.6) is 0 Å². The monoisotopic (exact) mass is 553 g/mol.